The predicted molar refractivity (Wildman–Crippen MR) is 100 cm³/mol. The Kier molecular flexibility index (Phi) is 5.04. The van der Waals surface area contributed by atoms with Crippen molar-refractivity contribution in [2.24, 2.45) is 0 Å². The minimum Gasteiger partial charge on any atom is -0.495 e. The van der Waals surface area contributed by atoms with Crippen LogP contribution in [0.15, 0.2) is 36.4 Å². The molecule has 2 aromatic carbocycles. The van der Waals surface area contributed by atoms with E-state index in [1.165, 1.54) is 12.0 Å². The molecule has 1 heterocycles. The number of anilines is 2. The number of amides is 2. The molecule has 0 aliphatic carbocycles. The molecule has 2 aromatic rings. The highest BCUT2D eigenvalue weighted by atomic mass is 35.5. The van der Waals surface area contributed by atoms with Gasteiger partial charge in [0, 0.05) is 5.69 Å². The first-order chi connectivity index (χ1) is 12.4. The molecule has 3 rings (SSSR count). The highest BCUT2D eigenvalue weighted by molar-refractivity contribution is 6.32. The van der Waals surface area contributed by atoms with E-state index >= 15 is 0 Å². The van der Waals surface area contributed by atoms with Crippen molar-refractivity contribution < 1.29 is 19.1 Å². The van der Waals surface area contributed by atoms with Crippen molar-refractivity contribution in [1.82, 2.24) is 0 Å². The lowest BCUT2D eigenvalue weighted by molar-refractivity contribution is -0.125. The molecule has 2 amide bonds. The maximum atomic E-state index is 12.7. The Hall–Kier alpha value is -2.73. The monoisotopic (exact) mass is 374 g/mol. The Labute approximate surface area is 156 Å². The molecule has 0 aromatic heterocycles. The number of benzene rings is 2. The highest BCUT2D eigenvalue weighted by Gasteiger charge is 2.33. The van der Waals surface area contributed by atoms with Crippen LogP contribution in [0.25, 0.3) is 0 Å². The molecule has 0 radical (unpaired) electrons. The van der Waals surface area contributed by atoms with Gasteiger partial charge in [-0.2, -0.15) is 0 Å². The van der Waals surface area contributed by atoms with Crippen LogP contribution in [0.4, 0.5) is 11.4 Å². The second-order valence-corrected chi connectivity index (χ2v) is 6.45. The first-order valence-electron chi connectivity index (χ1n) is 8.10. The SMILES string of the molecule is COc1ccc(NC(=O)C(C)N2C(=O)COc3ccc(C)cc32)cc1Cl. The normalized spacial score (nSPS) is 14.3. The first kappa shape index (κ1) is 18.1. The van der Waals surface area contributed by atoms with Gasteiger partial charge in [0.2, 0.25) is 5.91 Å². The lowest BCUT2D eigenvalue weighted by Gasteiger charge is -2.33. The van der Waals surface area contributed by atoms with E-state index in [0.717, 1.165) is 5.56 Å². The van der Waals surface area contributed by atoms with Gasteiger partial charge in [0.15, 0.2) is 6.61 Å². The Morgan fingerprint density at radius 1 is 1.31 bits per heavy atom. The zero-order chi connectivity index (χ0) is 18.8. The number of halogens is 1. The molecule has 6 nitrogen and oxygen atoms in total. The standard InChI is InChI=1S/C19H19ClN2O4/c1-11-4-6-17-15(8-11)22(18(23)10-26-17)12(2)19(24)21-13-5-7-16(25-3)14(20)9-13/h4-9,12H,10H2,1-3H3,(H,21,24). The predicted octanol–water partition coefficient (Wildman–Crippen LogP) is 3.41. The van der Waals surface area contributed by atoms with Crippen molar-refractivity contribution in [2.45, 2.75) is 19.9 Å². The maximum absolute atomic E-state index is 12.7. The van der Waals surface area contributed by atoms with Gasteiger partial charge in [-0.1, -0.05) is 17.7 Å². The van der Waals surface area contributed by atoms with Crippen LogP contribution in [0.5, 0.6) is 11.5 Å². The van der Waals surface area contributed by atoms with Crippen LogP contribution in [0, 0.1) is 6.92 Å². The van der Waals surface area contributed by atoms with E-state index in [0.29, 0.717) is 27.9 Å². The molecular formula is C19H19ClN2O4. The minimum atomic E-state index is -0.715. The fourth-order valence-electron chi connectivity index (χ4n) is 2.81. The van der Waals surface area contributed by atoms with E-state index in [2.05, 4.69) is 5.32 Å². The van der Waals surface area contributed by atoms with Crippen LogP contribution < -0.4 is 19.7 Å². The van der Waals surface area contributed by atoms with E-state index in [9.17, 15) is 9.59 Å². The average molecular weight is 375 g/mol. The number of aryl methyl sites for hydroxylation is 1. The van der Waals surface area contributed by atoms with E-state index in [4.69, 9.17) is 21.1 Å². The molecule has 0 saturated carbocycles. The quantitative estimate of drug-likeness (QED) is 0.890. The summed E-state index contributed by atoms with van der Waals surface area (Å²) in [6, 6.07) is 9.78. The molecule has 0 spiro atoms. The van der Waals surface area contributed by atoms with Gasteiger partial charge in [-0.15, -0.1) is 0 Å². The summed E-state index contributed by atoms with van der Waals surface area (Å²) in [7, 11) is 1.52. The first-order valence-corrected chi connectivity index (χ1v) is 8.48. The minimum absolute atomic E-state index is 0.0952. The van der Waals surface area contributed by atoms with Gasteiger partial charge in [-0.3, -0.25) is 14.5 Å². The van der Waals surface area contributed by atoms with Gasteiger partial charge in [0.25, 0.3) is 5.91 Å². The Morgan fingerprint density at radius 2 is 2.08 bits per heavy atom. The van der Waals surface area contributed by atoms with Gasteiger partial charge < -0.3 is 14.8 Å². The molecule has 1 aliphatic rings. The second kappa shape index (κ2) is 7.25. The Balaban J connectivity index is 1.83. The number of nitrogens with zero attached hydrogens (tertiary/aromatic N) is 1. The molecule has 1 unspecified atom stereocenters. The summed E-state index contributed by atoms with van der Waals surface area (Å²) < 4.78 is 10.6. The summed E-state index contributed by atoms with van der Waals surface area (Å²) in [5.74, 6) is 0.514. The van der Waals surface area contributed by atoms with E-state index in [-0.39, 0.29) is 18.4 Å². The number of methoxy groups -OCH3 is 1. The lowest BCUT2D eigenvalue weighted by Crippen LogP contribution is -2.49. The fraction of sp³-hybridized carbons (Fsp3) is 0.263. The van der Waals surface area contributed by atoms with Crippen LogP contribution in [0.3, 0.4) is 0 Å². The summed E-state index contributed by atoms with van der Waals surface area (Å²) in [4.78, 5) is 26.5. The van der Waals surface area contributed by atoms with E-state index in [1.54, 1.807) is 31.2 Å². The summed E-state index contributed by atoms with van der Waals surface area (Å²) in [6.45, 7) is 3.50. The number of hydrogen-bond donors (Lipinski definition) is 1. The van der Waals surface area contributed by atoms with Gasteiger partial charge in [-0.05, 0) is 49.7 Å². The third-order valence-corrected chi connectivity index (χ3v) is 4.48. The summed E-state index contributed by atoms with van der Waals surface area (Å²) >= 11 is 6.09. The van der Waals surface area contributed by atoms with Crippen molar-refractivity contribution in [3.63, 3.8) is 0 Å². The largest absolute Gasteiger partial charge is 0.495 e. The number of carbonyl (C=O) groups excluding carboxylic acids is 2. The van der Waals surface area contributed by atoms with Crippen LogP contribution in [-0.4, -0.2) is 31.6 Å². The Morgan fingerprint density at radius 3 is 2.77 bits per heavy atom. The molecular weight excluding hydrogens is 356 g/mol. The van der Waals surface area contributed by atoms with Crippen molar-refractivity contribution in [3.8, 4) is 11.5 Å². The molecule has 1 aliphatic heterocycles. The number of hydrogen-bond acceptors (Lipinski definition) is 4. The second-order valence-electron chi connectivity index (χ2n) is 6.04. The summed E-state index contributed by atoms with van der Waals surface area (Å²) in [5, 5.41) is 3.17. The summed E-state index contributed by atoms with van der Waals surface area (Å²) in [6.07, 6.45) is 0. The third-order valence-electron chi connectivity index (χ3n) is 4.18. The van der Waals surface area contributed by atoms with Crippen molar-refractivity contribution in [2.75, 3.05) is 23.9 Å². The maximum Gasteiger partial charge on any atom is 0.265 e. The van der Waals surface area contributed by atoms with Gasteiger partial charge in [-0.25, -0.2) is 0 Å². The van der Waals surface area contributed by atoms with Gasteiger partial charge >= 0.3 is 0 Å². The van der Waals surface area contributed by atoms with Crippen LogP contribution in [0.2, 0.25) is 5.02 Å². The van der Waals surface area contributed by atoms with Gasteiger partial charge in [0.05, 0.1) is 17.8 Å². The fourth-order valence-corrected chi connectivity index (χ4v) is 3.07. The van der Waals surface area contributed by atoms with Crippen molar-refractivity contribution >= 4 is 34.8 Å². The average Bonchev–Trinajstić information content (AvgIpc) is 2.61. The van der Waals surface area contributed by atoms with Gasteiger partial charge in [0.1, 0.15) is 17.5 Å². The number of nitrogens with one attached hydrogen (secondary N) is 1. The zero-order valence-corrected chi connectivity index (χ0v) is 15.5. The number of ether oxygens (including phenoxy) is 2. The molecule has 136 valence electrons. The highest BCUT2D eigenvalue weighted by Crippen LogP contribution is 2.34. The number of fused-ring (bicyclic) bond motifs is 1. The molecule has 7 heteroatoms. The van der Waals surface area contributed by atoms with Crippen molar-refractivity contribution in [3.05, 3.63) is 47.0 Å². The van der Waals surface area contributed by atoms with Crippen LogP contribution in [0.1, 0.15) is 12.5 Å². The molecule has 1 atom stereocenters. The lowest BCUT2D eigenvalue weighted by atomic mass is 10.1. The van der Waals surface area contributed by atoms with Crippen LogP contribution >= 0.6 is 11.6 Å². The smallest absolute Gasteiger partial charge is 0.265 e. The number of rotatable bonds is 4. The molecule has 1 N–H and O–H groups in total. The summed E-state index contributed by atoms with van der Waals surface area (Å²) in [5.41, 5.74) is 2.09. The van der Waals surface area contributed by atoms with E-state index < -0.39 is 6.04 Å². The van der Waals surface area contributed by atoms with Crippen molar-refractivity contribution in [1.29, 1.82) is 0 Å². The molecule has 0 fully saturated rings. The number of carbonyl (C=O) groups is 2. The van der Waals surface area contributed by atoms with E-state index in [1.807, 2.05) is 19.1 Å². The molecule has 26 heavy (non-hydrogen) atoms. The topological polar surface area (TPSA) is 67.9 Å². The van der Waals surface area contributed by atoms with Crippen LogP contribution in [-0.2, 0) is 9.59 Å². The zero-order valence-electron chi connectivity index (χ0n) is 14.7. The third kappa shape index (κ3) is 3.46. The molecule has 0 saturated heterocycles. The Bertz CT molecular complexity index is 869. The molecule has 0 bridgehead atoms.